The largest absolute Gasteiger partial charge is 0.355 e. The summed E-state index contributed by atoms with van der Waals surface area (Å²) >= 11 is 1.71. The zero-order valence-electron chi connectivity index (χ0n) is 10.1. The minimum absolute atomic E-state index is 0.000204. The lowest BCUT2D eigenvalue weighted by atomic mass is 10.1. The Kier molecular flexibility index (Phi) is 3.07. The van der Waals surface area contributed by atoms with Crippen LogP contribution in [0.15, 0.2) is 17.5 Å². The number of rotatable bonds is 2. The number of amides is 2. The van der Waals surface area contributed by atoms with Crippen LogP contribution < -0.4 is 5.32 Å². The topological polar surface area (TPSA) is 49.4 Å². The molecule has 2 aliphatic heterocycles. The van der Waals surface area contributed by atoms with Crippen LogP contribution in [0.3, 0.4) is 0 Å². The van der Waals surface area contributed by atoms with Crippen molar-refractivity contribution in [1.29, 1.82) is 0 Å². The van der Waals surface area contributed by atoms with Crippen LogP contribution >= 0.6 is 11.3 Å². The van der Waals surface area contributed by atoms with Crippen molar-refractivity contribution in [2.75, 3.05) is 13.1 Å². The van der Waals surface area contributed by atoms with Gasteiger partial charge in [-0.2, -0.15) is 0 Å². The molecule has 2 fully saturated rings. The smallest absolute Gasteiger partial charge is 0.228 e. The highest BCUT2D eigenvalue weighted by Crippen LogP contribution is 2.35. The van der Waals surface area contributed by atoms with Gasteiger partial charge in [-0.3, -0.25) is 9.59 Å². The fourth-order valence-corrected chi connectivity index (χ4v) is 3.70. The molecule has 1 aromatic rings. The Labute approximate surface area is 110 Å². The summed E-state index contributed by atoms with van der Waals surface area (Å²) in [5.74, 6) is -0.0115. The molecule has 1 N–H and O–H groups in total. The molecule has 3 heterocycles. The maximum atomic E-state index is 12.4. The van der Waals surface area contributed by atoms with E-state index in [0.29, 0.717) is 13.0 Å². The summed E-state index contributed by atoms with van der Waals surface area (Å²) in [5, 5.41) is 4.79. The molecule has 0 spiro atoms. The Hall–Kier alpha value is -1.36. The van der Waals surface area contributed by atoms with Crippen molar-refractivity contribution in [3.8, 4) is 0 Å². The number of nitrogens with one attached hydrogen (secondary N) is 1. The van der Waals surface area contributed by atoms with E-state index in [-0.39, 0.29) is 23.8 Å². The molecule has 0 aromatic carbocycles. The lowest BCUT2D eigenvalue weighted by molar-refractivity contribution is -0.136. The Morgan fingerprint density at radius 1 is 1.50 bits per heavy atom. The summed E-state index contributed by atoms with van der Waals surface area (Å²) in [4.78, 5) is 26.9. The lowest BCUT2D eigenvalue weighted by Crippen LogP contribution is -2.36. The number of likely N-dealkylation sites (tertiary alicyclic amines) is 1. The Morgan fingerprint density at radius 2 is 2.39 bits per heavy atom. The highest BCUT2D eigenvalue weighted by molar-refractivity contribution is 7.10. The molecular weight excluding hydrogens is 248 g/mol. The third-order valence-corrected chi connectivity index (χ3v) is 4.71. The summed E-state index contributed by atoms with van der Waals surface area (Å²) in [6.45, 7) is 1.33. The SMILES string of the molecule is O=C1CC(C(=O)N2CCCC2c2cccs2)CN1. The number of hydrogen-bond acceptors (Lipinski definition) is 3. The van der Waals surface area contributed by atoms with E-state index in [0.717, 1.165) is 19.4 Å². The molecule has 2 amide bonds. The average molecular weight is 264 g/mol. The molecule has 2 atom stereocenters. The van der Waals surface area contributed by atoms with Crippen LogP contribution in [0.2, 0.25) is 0 Å². The van der Waals surface area contributed by atoms with Gasteiger partial charge in [-0.25, -0.2) is 0 Å². The van der Waals surface area contributed by atoms with Crippen molar-refractivity contribution in [2.45, 2.75) is 25.3 Å². The molecule has 96 valence electrons. The predicted octanol–water partition coefficient (Wildman–Crippen LogP) is 1.55. The molecule has 1 aromatic heterocycles. The molecule has 3 rings (SSSR count). The number of hydrogen-bond donors (Lipinski definition) is 1. The van der Waals surface area contributed by atoms with E-state index >= 15 is 0 Å². The monoisotopic (exact) mass is 264 g/mol. The first-order chi connectivity index (χ1) is 8.75. The highest BCUT2D eigenvalue weighted by Gasteiger charge is 2.37. The number of thiophene rings is 1. The van der Waals surface area contributed by atoms with Crippen LogP contribution in [0, 0.1) is 5.92 Å². The van der Waals surface area contributed by atoms with Gasteiger partial charge in [0.2, 0.25) is 11.8 Å². The van der Waals surface area contributed by atoms with Gasteiger partial charge in [0.15, 0.2) is 0 Å². The first kappa shape index (κ1) is 11.7. The number of carbonyl (C=O) groups is 2. The summed E-state index contributed by atoms with van der Waals surface area (Å²) in [5.41, 5.74) is 0. The minimum atomic E-state index is -0.155. The molecule has 4 nitrogen and oxygen atoms in total. The molecule has 0 radical (unpaired) electrons. The van der Waals surface area contributed by atoms with Gasteiger partial charge in [0, 0.05) is 24.4 Å². The van der Waals surface area contributed by atoms with Gasteiger partial charge in [-0.1, -0.05) is 6.07 Å². The molecule has 2 saturated heterocycles. The van der Waals surface area contributed by atoms with Crippen molar-refractivity contribution in [1.82, 2.24) is 10.2 Å². The van der Waals surface area contributed by atoms with Gasteiger partial charge in [0.1, 0.15) is 0 Å². The van der Waals surface area contributed by atoms with E-state index in [9.17, 15) is 9.59 Å². The van der Waals surface area contributed by atoms with E-state index in [1.54, 1.807) is 11.3 Å². The zero-order chi connectivity index (χ0) is 12.5. The lowest BCUT2D eigenvalue weighted by Gasteiger charge is -2.26. The van der Waals surface area contributed by atoms with Gasteiger partial charge in [-0.05, 0) is 24.3 Å². The van der Waals surface area contributed by atoms with Crippen molar-refractivity contribution in [3.05, 3.63) is 22.4 Å². The maximum absolute atomic E-state index is 12.4. The average Bonchev–Trinajstić information content (AvgIpc) is 3.08. The third-order valence-electron chi connectivity index (χ3n) is 3.73. The van der Waals surface area contributed by atoms with Crippen LogP contribution in [0.1, 0.15) is 30.2 Å². The fraction of sp³-hybridized carbons (Fsp3) is 0.538. The molecule has 18 heavy (non-hydrogen) atoms. The van der Waals surface area contributed by atoms with Gasteiger partial charge in [0.05, 0.1) is 12.0 Å². The fourth-order valence-electron chi connectivity index (χ4n) is 2.82. The van der Waals surface area contributed by atoms with Crippen molar-refractivity contribution in [3.63, 3.8) is 0 Å². The molecular formula is C13H16N2O2S. The first-order valence-electron chi connectivity index (χ1n) is 6.36. The first-order valence-corrected chi connectivity index (χ1v) is 7.24. The number of nitrogens with zero attached hydrogens (tertiary/aromatic N) is 1. The van der Waals surface area contributed by atoms with E-state index in [1.165, 1.54) is 4.88 Å². The molecule has 2 unspecified atom stereocenters. The van der Waals surface area contributed by atoms with Gasteiger partial charge >= 0.3 is 0 Å². The molecule has 0 bridgehead atoms. The summed E-state index contributed by atoms with van der Waals surface area (Å²) < 4.78 is 0. The van der Waals surface area contributed by atoms with Crippen molar-refractivity contribution in [2.24, 2.45) is 5.92 Å². The zero-order valence-corrected chi connectivity index (χ0v) is 10.9. The van der Waals surface area contributed by atoms with Crippen LogP contribution in [-0.4, -0.2) is 29.8 Å². The standard InChI is InChI=1S/C13H16N2O2S/c16-12-7-9(8-14-12)13(17)15-5-1-3-10(15)11-4-2-6-18-11/h2,4,6,9-10H,1,3,5,7-8H2,(H,14,16). The Bertz CT molecular complexity index is 458. The van der Waals surface area contributed by atoms with E-state index in [2.05, 4.69) is 16.8 Å². The Balaban J connectivity index is 1.75. The van der Waals surface area contributed by atoms with E-state index in [1.807, 2.05) is 11.0 Å². The Morgan fingerprint density at radius 3 is 3.06 bits per heavy atom. The van der Waals surface area contributed by atoms with Crippen molar-refractivity contribution >= 4 is 23.2 Å². The molecule has 5 heteroatoms. The van der Waals surface area contributed by atoms with E-state index < -0.39 is 0 Å². The van der Waals surface area contributed by atoms with E-state index in [4.69, 9.17) is 0 Å². The van der Waals surface area contributed by atoms with Crippen molar-refractivity contribution < 1.29 is 9.59 Å². The number of carbonyl (C=O) groups excluding carboxylic acids is 2. The summed E-state index contributed by atoms with van der Waals surface area (Å²) in [6.07, 6.45) is 2.45. The van der Waals surface area contributed by atoms with Gasteiger partial charge in [0.25, 0.3) is 0 Å². The van der Waals surface area contributed by atoms with Gasteiger partial charge in [-0.15, -0.1) is 11.3 Å². The second kappa shape index (κ2) is 4.72. The minimum Gasteiger partial charge on any atom is -0.355 e. The van der Waals surface area contributed by atoms with Gasteiger partial charge < -0.3 is 10.2 Å². The summed E-state index contributed by atoms with van der Waals surface area (Å²) in [7, 11) is 0. The normalized spacial score (nSPS) is 27.6. The molecule has 0 aliphatic carbocycles. The van der Waals surface area contributed by atoms with Crippen LogP contribution in [0.5, 0.6) is 0 Å². The molecule has 0 saturated carbocycles. The highest BCUT2D eigenvalue weighted by atomic mass is 32.1. The summed E-state index contributed by atoms with van der Waals surface area (Å²) in [6, 6.07) is 4.36. The van der Waals surface area contributed by atoms with Crippen LogP contribution in [0.25, 0.3) is 0 Å². The third kappa shape index (κ3) is 2.03. The quantitative estimate of drug-likeness (QED) is 0.881. The second-order valence-corrected chi connectivity index (χ2v) is 5.89. The maximum Gasteiger partial charge on any atom is 0.228 e. The predicted molar refractivity (Wildman–Crippen MR) is 69.1 cm³/mol. The van der Waals surface area contributed by atoms with Crippen LogP contribution in [0.4, 0.5) is 0 Å². The molecule has 2 aliphatic rings. The second-order valence-electron chi connectivity index (χ2n) is 4.91. The van der Waals surface area contributed by atoms with Crippen LogP contribution in [-0.2, 0) is 9.59 Å².